The molecule has 16 heavy (non-hydrogen) atoms. The van der Waals surface area contributed by atoms with Gasteiger partial charge in [0.2, 0.25) is 0 Å². The van der Waals surface area contributed by atoms with Gasteiger partial charge in [-0.2, -0.15) is 0 Å². The number of aliphatic hydroxyl groups is 1. The molecule has 0 aliphatic heterocycles. The fraction of sp³-hybridized carbons (Fsp3) is 0.500. The molecule has 1 rings (SSSR count). The number of amides is 1. The van der Waals surface area contributed by atoms with E-state index in [1.54, 1.807) is 6.92 Å². The zero-order valence-corrected chi connectivity index (χ0v) is 9.90. The normalized spacial score (nSPS) is 14.2. The maximum atomic E-state index is 11.6. The summed E-state index contributed by atoms with van der Waals surface area (Å²) < 4.78 is 0. The van der Waals surface area contributed by atoms with Crippen LogP contribution in [0.2, 0.25) is 5.15 Å². The van der Waals surface area contributed by atoms with Gasteiger partial charge in [0.05, 0.1) is 18.5 Å². The van der Waals surface area contributed by atoms with Crippen LogP contribution in [0.1, 0.15) is 30.8 Å². The summed E-state index contributed by atoms with van der Waals surface area (Å²) in [7, 11) is 0. The van der Waals surface area contributed by atoms with Crippen LogP contribution in [-0.2, 0) is 0 Å². The number of rotatable bonds is 4. The van der Waals surface area contributed by atoms with E-state index in [4.69, 9.17) is 16.7 Å². The number of halogens is 1. The highest BCUT2D eigenvalue weighted by atomic mass is 35.5. The van der Waals surface area contributed by atoms with Crippen molar-refractivity contribution in [2.45, 2.75) is 32.4 Å². The van der Waals surface area contributed by atoms with Crippen molar-refractivity contribution in [1.82, 2.24) is 15.3 Å². The average molecular weight is 244 g/mol. The molecule has 0 bridgehead atoms. The van der Waals surface area contributed by atoms with Crippen molar-refractivity contribution in [2.24, 2.45) is 0 Å². The number of nitrogens with one attached hydrogen (secondary N) is 1. The molecule has 6 heteroatoms. The Morgan fingerprint density at radius 1 is 1.56 bits per heavy atom. The lowest BCUT2D eigenvalue weighted by Crippen LogP contribution is -2.35. The molecule has 0 fully saturated rings. The van der Waals surface area contributed by atoms with E-state index < -0.39 is 6.10 Å². The minimum absolute atomic E-state index is 0.131. The molecule has 1 aromatic heterocycles. The van der Waals surface area contributed by atoms with Crippen molar-refractivity contribution < 1.29 is 9.90 Å². The second kappa shape index (κ2) is 5.77. The molecule has 1 amide bonds. The number of aromatic nitrogens is 2. The molecule has 2 unspecified atom stereocenters. The van der Waals surface area contributed by atoms with Gasteiger partial charge in [-0.3, -0.25) is 9.78 Å². The number of carbonyl (C=O) groups is 1. The Labute approximate surface area is 98.9 Å². The molecule has 2 atom stereocenters. The van der Waals surface area contributed by atoms with E-state index >= 15 is 0 Å². The van der Waals surface area contributed by atoms with Crippen LogP contribution in [0.5, 0.6) is 0 Å². The second-order valence-electron chi connectivity index (χ2n) is 3.69. The van der Waals surface area contributed by atoms with Gasteiger partial charge in [-0.1, -0.05) is 11.6 Å². The molecular formula is C10H14ClN3O2. The first-order valence-electron chi connectivity index (χ1n) is 4.95. The van der Waals surface area contributed by atoms with E-state index in [2.05, 4.69) is 15.3 Å². The Balaban J connectivity index is 2.59. The van der Waals surface area contributed by atoms with E-state index in [0.29, 0.717) is 6.42 Å². The van der Waals surface area contributed by atoms with E-state index in [-0.39, 0.29) is 22.8 Å². The standard InChI is InChI=1S/C10H14ClN3O2/c1-6(3-7(2)15)13-10(16)8-4-12-5-9(11)14-8/h4-7,15H,3H2,1-2H3,(H,13,16). The Morgan fingerprint density at radius 2 is 2.25 bits per heavy atom. The first kappa shape index (κ1) is 12.9. The minimum atomic E-state index is -0.458. The van der Waals surface area contributed by atoms with Crippen LogP contribution in [0.15, 0.2) is 12.4 Å². The van der Waals surface area contributed by atoms with Crippen LogP contribution in [0.25, 0.3) is 0 Å². The van der Waals surface area contributed by atoms with Crippen LogP contribution in [-0.4, -0.2) is 33.1 Å². The molecular weight excluding hydrogens is 230 g/mol. The highest BCUT2D eigenvalue weighted by Crippen LogP contribution is 2.03. The van der Waals surface area contributed by atoms with Crippen molar-refractivity contribution in [2.75, 3.05) is 0 Å². The van der Waals surface area contributed by atoms with Crippen molar-refractivity contribution in [3.05, 3.63) is 23.2 Å². The highest BCUT2D eigenvalue weighted by molar-refractivity contribution is 6.29. The maximum absolute atomic E-state index is 11.6. The van der Waals surface area contributed by atoms with Gasteiger partial charge in [0.25, 0.3) is 5.91 Å². The Morgan fingerprint density at radius 3 is 2.81 bits per heavy atom. The van der Waals surface area contributed by atoms with Crippen LogP contribution in [0, 0.1) is 0 Å². The molecule has 0 saturated heterocycles. The summed E-state index contributed by atoms with van der Waals surface area (Å²) in [4.78, 5) is 19.2. The van der Waals surface area contributed by atoms with Crippen LogP contribution in [0.3, 0.4) is 0 Å². The molecule has 0 radical (unpaired) electrons. The van der Waals surface area contributed by atoms with Crippen LogP contribution < -0.4 is 5.32 Å². The first-order chi connectivity index (χ1) is 7.49. The topological polar surface area (TPSA) is 75.1 Å². The summed E-state index contributed by atoms with van der Waals surface area (Å²) in [6.07, 6.45) is 2.73. The molecule has 0 aromatic carbocycles. The van der Waals surface area contributed by atoms with Gasteiger partial charge in [0.15, 0.2) is 0 Å². The lowest BCUT2D eigenvalue weighted by Gasteiger charge is -2.14. The summed E-state index contributed by atoms with van der Waals surface area (Å²) >= 11 is 5.62. The van der Waals surface area contributed by atoms with Gasteiger partial charge in [-0.05, 0) is 20.3 Å². The van der Waals surface area contributed by atoms with Gasteiger partial charge in [0, 0.05) is 6.04 Å². The third-order valence-corrected chi connectivity index (χ3v) is 2.09. The molecule has 88 valence electrons. The number of aliphatic hydroxyl groups excluding tert-OH is 1. The summed E-state index contributed by atoms with van der Waals surface area (Å²) in [6.45, 7) is 3.48. The Hall–Kier alpha value is -1.20. The summed E-state index contributed by atoms with van der Waals surface area (Å²) in [6, 6.07) is -0.131. The largest absolute Gasteiger partial charge is 0.393 e. The quantitative estimate of drug-likeness (QED) is 0.828. The molecule has 1 heterocycles. The zero-order chi connectivity index (χ0) is 12.1. The number of hydrogen-bond donors (Lipinski definition) is 2. The Kier molecular flexibility index (Phi) is 4.64. The molecule has 2 N–H and O–H groups in total. The van der Waals surface area contributed by atoms with Crippen molar-refractivity contribution in [1.29, 1.82) is 0 Å². The summed E-state index contributed by atoms with van der Waals surface area (Å²) in [5.41, 5.74) is 0.171. The predicted octanol–water partition coefficient (Wildman–Crippen LogP) is 1.02. The predicted molar refractivity (Wildman–Crippen MR) is 60.3 cm³/mol. The molecule has 1 aromatic rings. The number of nitrogens with zero attached hydrogens (tertiary/aromatic N) is 2. The fourth-order valence-electron chi connectivity index (χ4n) is 1.32. The third-order valence-electron chi connectivity index (χ3n) is 1.91. The van der Waals surface area contributed by atoms with E-state index in [0.717, 1.165) is 0 Å². The molecule has 5 nitrogen and oxygen atoms in total. The highest BCUT2D eigenvalue weighted by Gasteiger charge is 2.13. The fourth-order valence-corrected chi connectivity index (χ4v) is 1.47. The number of hydrogen-bond acceptors (Lipinski definition) is 4. The van der Waals surface area contributed by atoms with Crippen LogP contribution in [0.4, 0.5) is 0 Å². The summed E-state index contributed by atoms with van der Waals surface area (Å²) in [5, 5.41) is 12.0. The van der Waals surface area contributed by atoms with E-state index in [1.165, 1.54) is 12.4 Å². The monoisotopic (exact) mass is 243 g/mol. The maximum Gasteiger partial charge on any atom is 0.271 e. The SMILES string of the molecule is CC(O)CC(C)NC(=O)c1cncc(Cl)n1. The minimum Gasteiger partial charge on any atom is -0.393 e. The van der Waals surface area contributed by atoms with Gasteiger partial charge in [0.1, 0.15) is 10.8 Å². The first-order valence-corrected chi connectivity index (χ1v) is 5.33. The van der Waals surface area contributed by atoms with Gasteiger partial charge in [-0.25, -0.2) is 4.98 Å². The third kappa shape index (κ3) is 4.12. The smallest absolute Gasteiger partial charge is 0.271 e. The van der Waals surface area contributed by atoms with Gasteiger partial charge in [-0.15, -0.1) is 0 Å². The lowest BCUT2D eigenvalue weighted by atomic mass is 10.1. The lowest BCUT2D eigenvalue weighted by molar-refractivity contribution is 0.0917. The van der Waals surface area contributed by atoms with Crippen molar-refractivity contribution in [3.8, 4) is 0 Å². The summed E-state index contributed by atoms with van der Waals surface area (Å²) in [5.74, 6) is -0.344. The molecule has 0 spiro atoms. The van der Waals surface area contributed by atoms with Crippen molar-refractivity contribution >= 4 is 17.5 Å². The molecule has 0 aliphatic rings. The molecule has 0 aliphatic carbocycles. The van der Waals surface area contributed by atoms with Gasteiger partial charge >= 0.3 is 0 Å². The average Bonchev–Trinajstić information content (AvgIpc) is 2.16. The number of carbonyl (C=O) groups excluding carboxylic acids is 1. The van der Waals surface area contributed by atoms with E-state index in [1.807, 2.05) is 6.92 Å². The second-order valence-corrected chi connectivity index (χ2v) is 4.07. The van der Waals surface area contributed by atoms with Crippen molar-refractivity contribution in [3.63, 3.8) is 0 Å². The van der Waals surface area contributed by atoms with Gasteiger partial charge < -0.3 is 10.4 Å². The Bertz CT molecular complexity index is 371. The zero-order valence-electron chi connectivity index (χ0n) is 9.14. The molecule has 0 saturated carbocycles. The van der Waals surface area contributed by atoms with E-state index in [9.17, 15) is 4.79 Å². The van der Waals surface area contributed by atoms with Crippen LogP contribution >= 0.6 is 11.6 Å².